The molecule has 5 heteroatoms. The van der Waals surface area contributed by atoms with Gasteiger partial charge in [0, 0.05) is 18.0 Å². The number of ether oxygens (including phenoxy) is 1. The predicted molar refractivity (Wildman–Crippen MR) is 67.4 cm³/mol. The number of Topliss-reactive ketones (excluding diaryl/α,β-unsaturated/α-hetero) is 1. The van der Waals surface area contributed by atoms with E-state index in [-0.39, 0.29) is 5.78 Å². The van der Waals surface area contributed by atoms with Gasteiger partial charge in [0.2, 0.25) is 0 Å². The van der Waals surface area contributed by atoms with Crippen LogP contribution in [0.15, 0.2) is 24.5 Å². The largest absolute Gasteiger partial charge is 0.444 e. The van der Waals surface area contributed by atoms with Gasteiger partial charge in [0.1, 0.15) is 5.60 Å². The molecule has 0 aliphatic heterocycles. The quantitative estimate of drug-likeness (QED) is 0.835. The van der Waals surface area contributed by atoms with Gasteiger partial charge in [-0.1, -0.05) is 0 Å². The fraction of sp³-hybridized carbons (Fsp3) is 0.462. The first-order valence-corrected chi connectivity index (χ1v) is 5.73. The average Bonchev–Trinajstić information content (AvgIpc) is 2.26. The molecule has 1 heterocycles. The Morgan fingerprint density at radius 3 is 2.33 bits per heavy atom. The number of ketones is 1. The van der Waals surface area contributed by atoms with Gasteiger partial charge in [0.15, 0.2) is 5.78 Å². The van der Waals surface area contributed by atoms with Crippen molar-refractivity contribution in [2.24, 2.45) is 0 Å². The van der Waals surface area contributed by atoms with Crippen LogP contribution in [0.4, 0.5) is 4.79 Å². The summed E-state index contributed by atoms with van der Waals surface area (Å²) < 4.78 is 5.08. The van der Waals surface area contributed by atoms with E-state index in [9.17, 15) is 9.59 Å². The Morgan fingerprint density at radius 1 is 1.28 bits per heavy atom. The van der Waals surface area contributed by atoms with Gasteiger partial charge < -0.3 is 10.1 Å². The van der Waals surface area contributed by atoms with Gasteiger partial charge in [0.25, 0.3) is 0 Å². The number of carbonyl (C=O) groups is 2. The Morgan fingerprint density at radius 2 is 1.83 bits per heavy atom. The summed E-state index contributed by atoms with van der Waals surface area (Å²) in [6.07, 6.45) is 2.47. The van der Waals surface area contributed by atoms with E-state index in [4.69, 9.17) is 4.74 Å². The molecule has 0 saturated heterocycles. The molecule has 0 saturated carbocycles. The molecule has 0 bridgehead atoms. The molecule has 98 valence electrons. The molecule has 0 aromatic carbocycles. The third-order valence-electron chi connectivity index (χ3n) is 2.09. The van der Waals surface area contributed by atoms with Gasteiger partial charge in [-0.15, -0.1) is 0 Å². The number of hydrogen-bond donors (Lipinski definition) is 1. The van der Waals surface area contributed by atoms with E-state index in [1.807, 2.05) is 0 Å². The standard InChI is InChI=1S/C13H18N2O3/c1-9(15-12(17)18-13(2,3)4)11(16)10-5-7-14-8-6-10/h5-9H,1-4H3,(H,15,17). The number of carbonyl (C=O) groups excluding carboxylic acids is 2. The van der Waals surface area contributed by atoms with Crippen molar-refractivity contribution >= 4 is 11.9 Å². The second-order valence-electron chi connectivity index (χ2n) is 4.97. The molecule has 1 atom stereocenters. The zero-order valence-electron chi connectivity index (χ0n) is 11.1. The van der Waals surface area contributed by atoms with Gasteiger partial charge in [0.05, 0.1) is 6.04 Å². The number of amides is 1. The summed E-state index contributed by atoms with van der Waals surface area (Å²) in [5.74, 6) is -0.178. The van der Waals surface area contributed by atoms with Crippen LogP contribution in [0.1, 0.15) is 38.1 Å². The van der Waals surface area contributed by atoms with Crippen LogP contribution >= 0.6 is 0 Å². The minimum absolute atomic E-state index is 0.178. The van der Waals surface area contributed by atoms with Crippen LogP contribution in [0.2, 0.25) is 0 Å². The van der Waals surface area contributed by atoms with Crippen molar-refractivity contribution in [2.45, 2.75) is 39.3 Å². The van der Waals surface area contributed by atoms with E-state index in [0.29, 0.717) is 5.56 Å². The molecular formula is C13H18N2O3. The number of nitrogens with zero attached hydrogens (tertiary/aromatic N) is 1. The summed E-state index contributed by atoms with van der Waals surface area (Å²) in [6, 6.07) is 2.58. The third-order valence-corrected chi connectivity index (χ3v) is 2.09. The van der Waals surface area contributed by atoms with E-state index in [2.05, 4.69) is 10.3 Å². The van der Waals surface area contributed by atoms with E-state index in [1.54, 1.807) is 39.8 Å². The minimum Gasteiger partial charge on any atom is -0.444 e. The van der Waals surface area contributed by atoms with Crippen LogP contribution in [0, 0.1) is 0 Å². The highest BCUT2D eigenvalue weighted by Crippen LogP contribution is 2.08. The van der Waals surface area contributed by atoms with Crippen molar-refractivity contribution in [2.75, 3.05) is 0 Å². The van der Waals surface area contributed by atoms with E-state index >= 15 is 0 Å². The fourth-order valence-corrected chi connectivity index (χ4v) is 1.32. The first-order valence-electron chi connectivity index (χ1n) is 5.73. The number of aromatic nitrogens is 1. The molecule has 1 aromatic rings. The first kappa shape index (κ1) is 14.2. The lowest BCUT2D eigenvalue weighted by Gasteiger charge is -2.21. The maximum absolute atomic E-state index is 11.9. The zero-order chi connectivity index (χ0) is 13.8. The molecule has 1 aromatic heterocycles. The third kappa shape index (κ3) is 4.53. The summed E-state index contributed by atoms with van der Waals surface area (Å²) in [5.41, 5.74) is -0.0719. The second kappa shape index (κ2) is 5.62. The van der Waals surface area contributed by atoms with E-state index < -0.39 is 17.7 Å². The molecule has 1 unspecified atom stereocenters. The lowest BCUT2D eigenvalue weighted by molar-refractivity contribution is 0.0497. The monoisotopic (exact) mass is 250 g/mol. The van der Waals surface area contributed by atoms with Crippen molar-refractivity contribution in [1.29, 1.82) is 0 Å². The Kier molecular flexibility index (Phi) is 4.42. The van der Waals surface area contributed by atoms with E-state index in [1.165, 1.54) is 12.4 Å². The second-order valence-corrected chi connectivity index (χ2v) is 4.97. The molecular weight excluding hydrogens is 232 g/mol. The number of nitrogens with one attached hydrogen (secondary N) is 1. The molecule has 0 spiro atoms. The van der Waals surface area contributed by atoms with Crippen molar-refractivity contribution in [1.82, 2.24) is 10.3 Å². The van der Waals surface area contributed by atoms with Gasteiger partial charge >= 0.3 is 6.09 Å². The molecule has 1 rings (SSSR count). The highest BCUT2D eigenvalue weighted by molar-refractivity contribution is 6.01. The number of alkyl carbamates (subject to hydrolysis) is 1. The Bertz CT molecular complexity index is 424. The Hall–Kier alpha value is -1.91. The van der Waals surface area contributed by atoms with Crippen molar-refractivity contribution in [3.63, 3.8) is 0 Å². The normalized spacial score (nSPS) is 12.7. The van der Waals surface area contributed by atoms with E-state index in [0.717, 1.165) is 0 Å². The van der Waals surface area contributed by atoms with Crippen molar-refractivity contribution in [3.05, 3.63) is 30.1 Å². The van der Waals surface area contributed by atoms with Crippen LogP contribution in [0.25, 0.3) is 0 Å². The Balaban J connectivity index is 2.59. The van der Waals surface area contributed by atoms with Crippen molar-refractivity contribution < 1.29 is 14.3 Å². The van der Waals surface area contributed by atoms with Crippen LogP contribution in [-0.4, -0.2) is 28.5 Å². The highest BCUT2D eigenvalue weighted by Gasteiger charge is 2.21. The minimum atomic E-state index is -0.637. The smallest absolute Gasteiger partial charge is 0.408 e. The number of rotatable bonds is 3. The summed E-state index contributed by atoms with van der Waals surface area (Å²) in [6.45, 7) is 6.92. The predicted octanol–water partition coefficient (Wildman–Crippen LogP) is 2.18. The van der Waals surface area contributed by atoms with Gasteiger partial charge in [-0.05, 0) is 39.8 Å². The van der Waals surface area contributed by atoms with Gasteiger partial charge in [-0.2, -0.15) is 0 Å². The lowest BCUT2D eigenvalue weighted by Crippen LogP contribution is -2.41. The summed E-state index contributed by atoms with van der Waals surface area (Å²) in [5, 5.41) is 2.50. The molecule has 1 amide bonds. The fourth-order valence-electron chi connectivity index (χ4n) is 1.32. The topological polar surface area (TPSA) is 68.3 Å². The van der Waals surface area contributed by atoms with Crippen molar-refractivity contribution in [3.8, 4) is 0 Å². The highest BCUT2D eigenvalue weighted by atomic mass is 16.6. The maximum Gasteiger partial charge on any atom is 0.408 e. The molecule has 18 heavy (non-hydrogen) atoms. The van der Waals surface area contributed by atoms with Crippen LogP contribution < -0.4 is 5.32 Å². The average molecular weight is 250 g/mol. The molecule has 5 nitrogen and oxygen atoms in total. The zero-order valence-corrected chi connectivity index (χ0v) is 11.1. The molecule has 1 N–H and O–H groups in total. The van der Waals surface area contributed by atoms with Crippen LogP contribution in [0.3, 0.4) is 0 Å². The summed E-state index contributed by atoms with van der Waals surface area (Å²) >= 11 is 0. The first-order chi connectivity index (χ1) is 8.29. The van der Waals surface area contributed by atoms with Gasteiger partial charge in [-0.3, -0.25) is 9.78 Å². The molecule has 0 aliphatic carbocycles. The van der Waals surface area contributed by atoms with Gasteiger partial charge in [-0.25, -0.2) is 4.79 Å². The molecule has 0 aliphatic rings. The SMILES string of the molecule is CC(NC(=O)OC(C)(C)C)C(=O)c1ccncc1. The maximum atomic E-state index is 11.9. The van der Waals surface area contributed by atoms with Crippen LogP contribution in [-0.2, 0) is 4.74 Å². The number of pyridine rings is 1. The lowest BCUT2D eigenvalue weighted by atomic mass is 10.1. The molecule has 0 radical (unpaired) electrons. The Labute approximate surface area is 107 Å². The van der Waals surface area contributed by atoms with Crippen LogP contribution in [0.5, 0.6) is 0 Å². The summed E-state index contributed by atoms with van der Waals surface area (Å²) in [4.78, 5) is 27.3. The molecule has 0 fully saturated rings. The summed E-state index contributed by atoms with van der Waals surface area (Å²) in [7, 11) is 0. The number of hydrogen-bond acceptors (Lipinski definition) is 4.